The van der Waals surface area contributed by atoms with Crippen LogP contribution in [0.4, 0.5) is 10.1 Å². The van der Waals surface area contributed by atoms with Crippen LogP contribution in [-0.2, 0) is 0 Å². The summed E-state index contributed by atoms with van der Waals surface area (Å²) in [7, 11) is 0. The molecule has 0 aliphatic carbocycles. The van der Waals surface area contributed by atoms with Gasteiger partial charge in [0.15, 0.2) is 5.11 Å². The van der Waals surface area contributed by atoms with Crippen molar-refractivity contribution in [2.75, 3.05) is 4.90 Å². The normalized spacial score (nSPS) is 18.1. The molecule has 3 aromatic heterocycles. The Morgan fingerprint density at radius 3 is 2.66 bits per heavy atom. The van der Waals surface area contributed by atoms with Gasteiger partial charge in [0.25, 0.3) is 0 Å². The Morgan fingerprint density at radius 1 is 1.06 bits per heavy atom. The lowest BCUT2D eigenvalue weighted by atomic mass is 10.0. The molecule has 32 heavy (non-hydrogen) atoms. The van der Waals surface area contributed by atoms with Crippen LogP contribution in [0.15, 0.2) is 79.3 Å². The Morgan fingerprint density at radius 2 is 1.94 bits per heavy atom. The van der Waals surface area contributed by atoms with Gasteiger partial charge < -0.3 is 14.8 Å². The number of halogens is 2. The highest BCUT2D eigenvalue weighted by Crippen LogP contribution is 2.42. The summed E-state index contributed by atoms with van der Waals surface area (Å²) in [4.78, 5) is 11.1. The molecule has 0 radical (unpaired) electrons. The molecule has 5 nitrogen and oxygen atoms in total. The zero-order chi connectivity index (χ0) is 22.2. The highest BCUT2D eigenvalue weighted by Gasteiger charge is 2.42. The van der Waals surface area contributed by atoms with Gasteiger partial charge in [-0.25, -0.2) is 9.37 Å². The molecule has 0 unspecified atom stereocenters. The zero-order valence-electron chi connectivity index (χ0n) is 17.1. The number of hydrogen-bond donors (Lipinski definition) is 1. The summed E-state index contributed by atoms with van der Waals surface area (Å²) >= 11 is 11.8. The van der Waals surface area contributed by atoms with E-state index in [-0.39, 0.29) is 17.9 Å². The van der Waals surface area contributed by atoms with Gasteiger partial charge in [-0.3, -0.25) is 4.98 Å². The van der Waals surface area contributed by atoms with Gasteiger partial charge in [0.05, 0.1) is 16.8 Å². The summed E-state index contributed by atoms with van der Waals surface area (Å²) in [6.45, 7) is 1.75. The van der Waals surface area contributed by atoms with E-state index in [0.717, 1.165) is 22.9 Å². The second kappa shape index (κ2) is 8.33. The summed E-state index contributed by atoms with van der Waals surface area (Å²) in [5.74, 6) is 0.487. The molecule has 1 saturated heterocycles. The lowest BCUT2D eigenvalue weighted by Crippen LogP contribution is -2.30. The molecule has 5 rings (SSSR count). The van der Waals surface area contributed by atoms with Crippen LogP contribution in [0.25, 0.3) is 5.82 Å². The Balaban J connectivity index is 1.67. The monoisotopic (exact) mass is 463 g/mol. The molecular weight excluding hydrogens is 445 g/mol. The average Bonchev–Trinajstić information content (AvgIpc) is 3.41. The largest absolute Gasteiger partial charge is 0.351 e. The number of hydrogen-bond acceptors (Lipinski definition) is 3. The van der Waals surface area contributed by atoms with Gasteiger partial charge in [0.2, 0.25) is 0 Å². The Hall–Kier alpha value is -3.29. The molecular formula is C24H19ClFN5S. The van der Waals surface area contributed by atoms with E-state index >= 15 is 0 Å². The zero-order valence-corrected chi connectivity index (χ0v) is 18.7. The molecule has 1 aliphatic rings. The van der Waals surface area contributed by atoms with Crippen LogP contribution in [0.3, 0.4) is 0 Å². The standard InChI is InChI=1S/C24H19ClFN5S/c1-15-13-17(8-9-18(15)26)31-23(22(29-24(31)32)19-5-2-3-11-27-19)20-6-4-12-30(20)21-10-7-16(25)14-28-21/h2-14,22-23H,1H3,(H,29,32)/t22-,23+/m0/s1. The predicted octanol–water partition coefficient (Wildman–Crippen LogP) is 5.55. The number of benzene rings is 1. The van der Waals surface area contributed by atoms with Crippen LogP contribution < -0.4 is 10.2 Å². The fourth-order valence-corrected chi connectivity index (χ4v) is 4.52. The number of nitrogens with one attached hydrogen (secondary N) is 1. The van der Waals surface area contributed by atoms with Crippen molar-refractivity contribution in [1.82, 2.24) is 19.9 Å². The second-order valence-corrected chi connectivity index (χ2v) is 8.39. The minimum Gasteiger partial charge on any atom is -0.351 e. The van der Waals surface area contributed by atoms with Crippen molar-refractivity contribution < 1.29 is 4.39 Å². The maximum atomic E-state index is 14.0. The maximum absolute atomic E-state index is 14.0. The topological polar surface area (TPSA) is 46.0 Å². The number of anilines is 1. The number of rotatable bonds is 4. The van der Waals surface area contributed by atoms with Crippen molar-refractivity contribution in [3.05, 3.63) is 107 Å². The van der Waals surface area contributed by atoms with Gasteiger partial charge >= 0.3 is 0 Å². The summed E-state index contributed by atoms with van der Waals surface area (Å²) < 4.78 is 16.0. The van der Waals surface area contributed by atoms with Crippen molar-refractivity contribution in [3.63, 3.8) is 0 Å². The third-order valence-electron chi connectivity index (χ3n) is 5.56. The molecule has 1 aliphatic heterocycles. The molecule has 2 atom stereocenters. The van der Waals surface area contributed by atoms with Crippen molar-refractivity contribution in [2.45, 2.75) is 19.0 Å². The molecule has 0 amide bonds. The highest BCUT2D eigenvalue weighted by atomic mass is 35.5. The van der Waals surface area contributed by atoms with Gasteiger partial charge in [-0.15, -0.1) is 0 Å². The summed E-state index contributed by atoms with van der Waals surface area (Å²) in [5.41, 5.74) is 3.18. The van der Waals surface area contributed by atoms with Crippen molar-refractivity contribution >= 4 is 34.6 Å². The van der Waals surface area contributed by atoms with E-state index in [0.29, 0.717) is 15.7 Å². The van der Waals surface area contributed by atoms with Crippen LogP contribution in [-0.4, -0.2) is 19.6 Å². The third kappa shape index (κ3) is 3.63. The van der Waals surface area contributed by atoms with Crippen LogP contribution in [0.2, 0.25) is 5.02 Å². The first-order valence-electron chi connectivity index (χ1n) is 10.1. The number of thiocarbonyl (C=S) groups is 1. The molecule has 4 aromatic rings. The first-order valence-corrected chi connectivity index (χ1v) is 10.9. The van der Waals surface area contributed by atoms with Gasteiger partial charge in [-0.1, -0.05) is 17.7 Å². The van der Waals surface area contributed by atoms with E-state index in [2.05, 4.69) is 15.3 Å². The quantitative estimate of drug-likeness (QED) is 0.402. The van der Waals surface area contributed by atoms with Crippen LogP contribution >= 0.6 is 23.8 Å². The Labute approximate surface area is 195 Å². The Kier molecular flexibility index (Phi) is 5.36. The van der Waals surface area contributed by atoms with E-state index < -0.39 is 0 Å². The summed E-state index contributed by atoms with van der Waals surface area (Å²) in [6.07, 6.45) is 5.34. The van der Waals surface area contributed by atoms with Gasteiger partial charge in [-0.05, 0) is 79.3 Å². The smallest absolute Gasteiger partial charge is 0.174 e. The van der Waals surface area contributed by atoms with E-state index in [1.807, 2.05) is 64.2 Å². The number of nitrogens with zero attached hydrogens (tertiary/aromatic N) is 4. The molecule has 160 valence electrons. The molecule has 0 bridgehead atoms. The fraction of sp³-hybridized carbons (Fsp3) is 0.125. The van der Waals surface area contributed by atoms with Crippen LogP contribution in [0, 0.1) is 12.7 Å². The van der Waals surface area contributed by atoms with Gasteiger partial charge in [0.1, 0.15) is 17.7 Å². The lowest BCUT2D eigenvalue weighted by molar-refractivity contribution is 0.548. The van der Waals surface area contributed by atoms with E-state index in [9.17, 15) is 4.39 Å². The average molecular weight is 464 g/mol. The highest BCUT2D eigenvalue weighted by molar-refractivity contribution is 7.80. The second-order valence-electron chi connectivity index (χ2n) is 7.57. The molecule has 8 heteroatoms. The first-order chi connectivity index (χ1) is 15.5. The van der Waals surface area contributed by atoms with Crippen LogP contribution in [0.1, 0.15) is 29.0 Å². The lowest BCUT2D eigenvalue weighted by Gasteiger charge is -2.29. The molecule has 1 aromatic carbocycles. The number of aromatic nitrogens is 3. The third-order valence-corrected chi connectivity index (χ3v) is 6.10. The number of aryl methyl sites for hydroxylation is 1. The minimum absolute atomic E-state index is 0.213. The predicted molar refractivity (Wildman–Crippen MR) is 128 cm³/mol. The number of pyridine rings is 2. The first kappa shape index (κ1) is 20.6. The van der Waals surface area contributed by atoms with Crippen LogP contribution in [0.5, 0.6) is 0 Å². The molecule has 0 saturated carbocycles. The molecule has 0 spiro atoms. The fourth-order valence-electron chi connectivity index (χ4n) is 4.07. The Bertz CT molecular complexity index is 1280. The van der Waals surface area contributed by atoms with E-state index in [1.54, 1.807) is 25.4 Å². The van der Waals surface area contributed by atoms with Crippen molar-refractivity contribution in [2.24, 2.45) is 0 Å². The van der Waals surface area contributed by atoms with Gasteiger partial charge in [-0.2, -0.15) is 0 Å². The summed E-state index contributed by atoms with van der Waals surface area (Å²) in [6, 6.07) is 18.1. The maximum Gasteiger partial charge on any atom is 0.174 e. The van der Waals surface area contributed by atoms with Crippen molar-refractivity contribution in [3.8, 4) is 5.82 Å². The molecule has 1 fully saturated rings. The SMILES string of the molecule is Cc1cc(N2C(=S)N[C@@H](c3ccccn3)[C@H]2c2cccn2-c2ccc(Cl)cn2)ccc1F. The molecule has 1 N–H and O–H groups in total. The van der Waals surface area contributed by atoms with Crippen molar-refractivity contribution in [1.29, 1.82) is 0 Å². The summed E-state index contributed by atoms with van der Waals surface area (Å²) in [5, 5.41) is 4.55. The van der Waals surface area contributed by atoms with E-state index in [4.69, 9.17) is 23.8 Å². The molecule has 4 heterocycles. The van der Waals surface area contributed by atoms with E-state index in [1.165, 1.54) is 6.07 Å². The van der Waals surface area contributed by atoms with Gasteiger partial charge in [0, 0.05) is 30.0 Å². The minimum atomic E-state index is -0.251.